The first-order valence-corrected chi connectivity index (χ1v) is 11.3. The van der Waals surface area contributed by atoms with Crippen LogP contribution in [0.15, 0.2) is 64.5 Å². The van der Waals surface area contributed by atoms with Crippen molar-refractivity contribution in [1.82, 2.24) is 10.6 Å². The Morgan fingerprint density at radius 1 is 1.03 bits per heavy atom. The van der Waals surface area contributed by atoms with Gasteiger partial charge in [-0.05, 0) is 49.6 Å². The van der Waals surface area contributed by atoms with Gasteiger partial charge >= 0.3 is 0 Å². The highest BCUT2D eigenvalue weighted by Crippen LogP contribution is 2.12. The molecule has 2 aromatic rings. The number of nitrogens with two attached hydrogens (primary N) is 1. The van der Waals surface area contributed by atoms with Gasteiger partial charge in [-0.3, -0.25) is 4.99 Å². The average molecular weight is 418 g/mol. The van der Waals surface area contributed by atoms with Crippen LogP contribution in [0.2, 0.25) is 0 Å². The minimum absolute atomic E-state index is 0.128. The molecule has 0 radical (unpaired) electrons. The maximum absolute atomic E-state index is 11.3. The van der Waals surface area contributed by atoms with Crippen molar-refractivity contribution in [3.8, 4) is 0 Å². The van der Waals surface area contributed by atoms with E-state index in [1.165, 1.54) is 17.8 Å². The number of primary sulfonamides is 1. The Morgan fingerprint density at radius 3 is 2.28 bits per heavy atom. The van der Waals surface area contributed by atoms with Gasteiger partial charge in [0.05, 0.1) is 4.90 Å². The molecule has 0 aliphatic rings. The Kier molecular flexibility index (Phi) is 8.95. The molecule has 0 bridgehead atoms. The van der Waals surface area contributed by atoms with Crippen LogP contribution in [0.25, 0.3) is 0 Å². The third-order valence-corrected chi connectivity index (χ3v) is 5.51. The minimum Gasteiger partial charge on any atom is -0.372 e. The van der Waals surface area contributed by atoms with Crippen LogP contribution < -0.4 is 20.7 Å². The molecular weight excluding hydrogens is 386 g/mol. The topological polar surface area (TPSA) is 99.8 Å². The van der Waals surface area contributed by atoms with Gasteiger partial charge in [0.25, 0.3) is 0 Å². The van der Waals surface area contributed by atoms with Crippen molar-refractivity contribution in [1.29, 1.82) is 0 Å². The minimum atomic E-state index is -3.64. The summed E-state index contributed by atoms with van der Waals surface area (Å²) in [5.41, 5.74) is 2.27. The van der Waals surface area contributed by atoms with E-state index in [4.69, 9.17) is 5.14 Å². The van der Waals surface area contributed by atoms with E-state index in [0.29, 0.717) is 6.54 Å². The number of hydrogen-bond donors (Lipinski definition) is 3. The molecule has 0 heterocycles. The highest BCUT2D eigenvalue weighted by molar-refractivity contribution is 7.89. The van der Waals surface area contributed by atoms with Crippen molar-refractivity contribution in [2.45, 2.75) is 24.7 Å². The van der Waals surface area contributed by atoms with E-state index in [1.54, 1.807) is 19.2 Å². The summed E-state index contributed by atoms with van der Waals surface area (Å²) in [7, 11) is -1.90. The maximum atomic E-state index is 11.3. The highest BCUT2D eigenvalue weighted by Gasteiger charge is 2.07. The summed E-state index contributed by atoms with van der Waals surface area (Å²) in [6.45, 7) is 5.63. The third-order valence-electron chi connectivity index (χ3n) is 4.58. The van der Waals surface area contributed by atoms with Gasteiger partial charge in [-0.15, -0.1) is 0 Å². The molecule has 2 rings (SSSR count). The van der Waals surface area contributed by atoms with E-state index in [0.717, 1.165) is 44.0 Å². The van der Waals surface area contributed by atoms with Gasteiger partial charge in [0.1, 0.15) is 0 Å². The fourth-order valence-corrected chi connectivity index (χ4v) is 3.49. The number of benzene rings is 2. The molecule has 0 aromatic heterocycles. The smallest absolute Gasteiger partial charge is 0.238 e. The lowest BCUT2D eigenvalue weighted by atomic mass is 10.1. The van der Waals surface area contributed by atoms with Crippen molar-refractivity contribution >= 4 is 21.7 Å². The van der Waals surface area contributed by atoms with Crippen LogP contribution in [-0.4, -0.2) is 47.6 Å². The Hall–Kier alpha value is -2.58. The normalized spacial score (nSPS) is 11.9. The summed E-state index contributed by atoms with van der Waals surface area (Å²) in [5.74, 6) is 0.758. The molecule has 2 aromatic carbocycles. The lowest BCUT2D eigenvalue weighted by Crippen LogP contribution is -2.39. The number of nitrogens with zero attached hydrogens (tertiary/aromatic N) is 2. The largest absolute Gasteiger partial charge is 0.372 e. The molecule has 0 saturated carbocycles. The Morgan fingerprint density at radius 2 is 1.69 bits per heavy atom. The van der Waals surface area contributed by atoms with Crippen molar-refractivity contribution in [3.63, 3.8) is 0 Å². The van der Waals surface area contributed by atoms with Gasteiger partial charge in [-0.2, -0.15) is 0 Å². The molecule has 158 valence electrons. The summed E-state index contributed by atoms with van der Waals surface area (Å²) in [6.07, 6.45) is 1.75. The van der Waals surface area contributed by atoms with Crippen LogP contribution in [0.3, 0.4) is 0 Å². The summed E-state index contributed by atoms with van der Waals surface area (Å²) in [5, 5.41) is 11.7. The zero-order valence-corrected chi connectivity index (χ0v) is 18.0. The Balaban J connectivity index is 1.70. The first kappa shape index (κ1) is 22.7. The van der Waals surface area contributed by atoms with E-state index in [2.05, 4.69) is 51.7 Å². The van der Waals surface area contributed by atoms with Crippen LogP contribution in [0.5, 0.6) is 0 Å². The number of sulfonamides is 1. The number of para-hydroxylation sites is 1. The Labute approximate surface area is 174 Å². The predicted molar refractivity (Wildman–Crippen MR) is 120 cm³/mol. The second-order valence-corrected chi connectivity index (χ2v) is 8.19. The molecular formula is C21H31N5O2S. The van der Waals surface area contributed by atoms with Gasteiger partial charge in [-0.1, -0.05) is 30.3 Å². The van der Waals surface area contributed by atoms with Crippen LogP contribution in [0.1, 0.15) is 18.9 Å². The number of nitrogens with one attached hydrogen (secondary N) is 2. The van der Waals surface area contributed by atoms with Crippen LogP contribution >= 0.6 is 0 Å². The first-order chi connectivity index (χ1) is 13.9. The highest BCUT2D eigenvalue weighted by atomic mass is 32.2. The summed E-state index contributed by atoms with van der Waals surface area (Å²) in [6, 6.07) is 17.0. The van der Waals surface area contributed by atoms with E-state index in [-0.39, 0.29) is 4.90 Å². The number of rotatable bonds is 10. The fourth-order valence-electron chi connectivity index (χ4n) is 2.98. The van der Waals surface area contributed by atoms with E-state index < -0.39 is 10.0 Å². The molecule has 0 fully saturated rings. The van der Waals surface area contributed by atoms with Crippen molar-refractivity contribution < 1.29 is 8.42 Å². The SMILES string of the molecule is CCN(CCCNC(=NC)NCCc1ccc(S(N)(=O)=O)cc1)c1ccccc1. The molecule has 8 heteroatoms. The fraction of sp³-hybridized carbons (Fsp3) is 0.381. The lowest BCUT2D eigenvalue weighted by molar-refractivity contribution is 0.598. The van der Waals surface area contributed by atoms with Crippen LogP contribution in [0, 0.1) is 0 Å². The van der Waals surface area contributed by atoms with E-state index >= 15 is 0 Å². The monoisotopic (exact) mass is 417 g/mol. The lowest BCUT2D eigenvalue weighted by Gasteiger charge is -2.23. The summed E-state index contributed by atoms with van der Waals surface area (Å²) in [4.78, 5) is 6.72. The van der Waals surface area contributed by atoms with Gasteiger partial charge in [0.15, 0.2) is 5.96 Å². The number of anilines is 1. The second-order valence-electron chi connectivity index (χ2n) is 6.63. The molecule has 0 atom stereocenters. The van der Waals surface area contributed by atoms with Crippen molar-refractivity contribution in [2.24, 2.45) is 10.1 Å². The van der Waals surface area contributed by atoms with Gasteiger partial charge in [0.2, 0.25) is 10.0 Å². The molecule has 0 saturated heterocycles. The van der Waals surface area contributed by atoms with Crippen molar-refractivity contribution in [3.05, 3.63) is 60.2 Å². The first-order valence-electron chi connectivity index (χ1n) is 9.80. The van der Waals surface area contributed by atoms with Crippen LogP contribution in [-0.2, 0) is 16.4 Å². The molecule has 4 N–H and O–H groups in total. The third kappa shape index (κ3) is 7.75. The van der Waals surface area contributed by atoms with Crippen LogP contribution in [0.4, 0.5) is 5.69 Å². The standard InChI is InChI=1S/C21H31N5O2S/c1-3-26(19-8-5-4-6-9-19)17-7-15-24-21(23-2)25-16-14-18-10-12-20(13-11-18)29(22,27)28/h4-6,8-13H,3,7,14-17H2,1-2H3,(H2,22,27,28)(H2,23,24,25). The van der Waals surface area contributed by atoms with Crippen molar-refractivity contribution in [2.75, 3.05) is 38.1 Å². The maximum Gasteiger partial charge on any atom is 0.238 e. The van der Waals surface area contributed by atoms with Gasteiger partial charge in [0, 0.05) is 38.9 Å². The molecule has 7 nitrogen and oxygen atoms in total. The summed E-state index contributed by atoms with van der Waals surface area (Å²) < 4.78 is 22.6. The molecule has 0 aliphatic carbocycles. The number of guanidine groups is 1. The van der Waals surface area contributed by atoms with E-state index in [9.17, 15) is 8.42 Å². The number of hydrogen-bond acceptors (Lipinski definition) is 4. The molecule has 0 aliphatic heterocycles. The van der Waals surface area contributed by atoms with E-state index in [1.807, 2.05) is 6.07 Å². The molecule has 29 heavy (non-hydrogen) atoms. The molecule has 0 amide bonds. The summed E-state index contributed by atoms with van der Waals surface area (Å²) >= 11 is 0. The predicted octanol–water partition coefficient (Wildman–Crippen LogP) is 1.96. The Bertz CT molecular complexity index is 868. The number of aliphatic imine (C=N–C) groups is 1. The zero-order valence-electron chi connectivity index (χ0n) is 17.1. The zero-order chi connectivity index (χ0) is 21.1. The quantitative estimate of drug-likeness (QED) is 0.312. The second kappa shape index (κ2) is 11.4. The molecule has 0 spiro atoms. The van der Waals surface area contributed by atoms with Gasteiger partial charge in [-0.25, -0.2) is 13.6 Å². The van der Waals surface area contributed by atoms with Gasteiger partial charge < -0.3 is 15.5 Å². The molecule has 0 unspecified atom stereocenters. The average Bonchev–Trinajstić information content (AvgIpc) is 2.73.